The van der Waals surface area contributed by atoms with E-state index in [1.807, 2.05) is 26.8 Å². The van der Waals surface area contributed by atoms with Gasteiger partial charge in [0, 0.05) is 22.1 Å². The minimum Gasteiger partial charge on any atom is -0.507 e. The molecule has 3 rings (SSSR count). The van der Waals surface area contributed by atoms with E-state index < -0.39 is 11.2 Å². The van der Waals surface area contributed by atoms with Gasteiger partial charge >= 0.3 is 0 Å². The first-order chi connectivity index (χ1) is 13.2. The minimum atomic E-state index is -0.539. The lowest BCUT2D eigenvalue weighted by molar-refractivity contribution is 0.0902. The van der Waals surface area contributed by atoms with Crippen molar-refractivity contribution >= 4 is 11.6 Å². The molecule has 1 heterocycles. The highest BCUT2D eigenvalue weighted by Crippen LogP contribution is 2.53. The van der Waals surface area contributed by atoms with Gasteiger partial charge < -0.3 is 19.7 Å². The highest BCUT2D eigenvalue weighted by Gasteiger charge is 2.48. The van der Waals surface area contributed by atoms with E-state index in [0.717, 1.165) is 5.57 Å². The molecule has 1 aromatic rings. The Labute approximate surface area is 164 Å². The number of phenols is 1. The predicted octanol–water partition coefficient (Wildman–Crippen LogP) is 3.45. The van der Waals surface area contributed by atoms with Crippen LogP contribution in [0.3, 0.4) is 0 Å². The summed E-state index contributed by atoms with van der Waals surface area (Å²) in [5, 5.41) is 19.9. The van der Waals surface area contributed by atoms with Crippen LogP contribution in [0.2, 0.25) is 0 Å². The smallest absolute Gasteiger partial charge is 0.228 e. The molecule has 1 aliphatic heterocycles. The van der Waals surface area contributed by atoms with E-state index >= 15 is 0 Å². The zero-order chi connectivity index (χ0) is 20.8. The summed E-state index contributed by atoms with van der Waals surface area (Å²) in [5.74, 6) is -0.523. The molecule has 0 saturated heterocycles. The Bertz CT molecular complexity index is 923. The normalized spacial score (nSPS) is 24.2. The van der Waals surface area contributed by atoms with Crippen molar-refractivity contribution < 1.29 is 29.3 Å². The molecule has 2 atom stereocenters. The summed E-state index contributed by atoms with van der Waals surface area (Å²) in [7, 11) is 1.35. The van der Waals surface area contributed by atoms with Crippen LogP contribution in [0.15, 0.2) is 29.0 Å². The van der Waals surface area contributed by atoms with Crippen molar-refractivity contribution in [2.24, 2.45) is 0 Å². The average Bonchev–Trinajstić information content (AvgIpc) is 2.91. The molecule has 0 unspecified atom stereocenters. The number of hydrogen-bond donors (Lipinski definition) is 2. The molecule has 0 fully saturated rings. The molecule has 0 saturated carbocycles. The molecule has 2 N–H and O–H groups in total. The number of benzene rings is 1. The maximum absolute atomic E-state index is 13.0. The molecule has 1 aliphatic carbocycles. The van der Waals surface area contributed by atoms with Crippen LogP contribution in [-0.2, 0) is 10.2 Å². The van der Waals surface area contributed by atoms with Gasteiger partial charge in [0.2, 0.25) is 5.78 Å². The van der Waals surface area contributed by atoms with Gasteiger partial charge in [-0.3, -0.25) is 9.59 Å². The van der Waals surface area contributed by atoms with Crippen LogP contribution in [0.1, 0.15) is 66.8 Å². The number of rotatable bonds is 5. The molecule has 1 aromatic carbocycles. The Balaban J connectivity index is 2.13. The summed E-state index contributed by atoms with van der Waals surface area (Å²) >= 11 is 0. The summed E-state index contributed by atoms with van der Waals surface area (Å²) < 4.78 is 11.2. The number of ether oxygens (including phenoxy) is 2. The first-order valence-corrected chi connectivity index (χ1v) is 9.35. The zero-order valence-electron chi connectivity index (χ0n) is 16.9. The highest BCUT2D eigenvalue weighted by atomic mass is 16.5. The SMILES string of the molecule is COC1=C(C)C(=O)c2c(cc(O)c3c2O[C@H](C)[C@]3(C)CC/C=C(\C)CO)C1=O. The summed E-state index contributed by atoms with van der Waals surface area (Å²) in [6.45, 7) is 7.29. The lowest BCUT2D eigenvalue weighted by Gasteiger charge is -2.28. The second-order valence-corrected chi connectivity index (χ2v) is 7.76. The largest absolute Gasteiger partial charge is 0.507 e. The summed E-state index contributed by atoms with van der Waals surface area (Å²) in [5.41, 5.74) is 1.44. The summed E-state index contributed by atoms with van der Waals surface area (Å²) in [6, 6.07) is 1.36. The van der Waals surface area contributed by atoms with Crippen LogP contribution in [-0.4, -0.2) is 41.6 Å². The van der Waals surface area contributed by atoms with Crippen LogP contribution >= 0.6 is 0 Å². The van der Waals surface area contributed by atoms with Gasteiger partial charge in [-0.25, -0.2) is 0 Å². The molecule has 150 valence electrons. The second kappa shape index (κ2) is 7.09. The number of ketones is 2. The molecular formula is C22H26O6. The third-order valence-electron chi connectivity index (χ3n) is 5.99. The van der Waals surface area contributed by atoms with Gasteiger partial charge in [-0.15, -0.1) is 0 Å². The fraction of sp³-hybridized carbons (Fsp3) is 0.455. The number of aliphatic hydroxyl groups excluding tert-OH is 1. The van der Waals surface area contributed by atoms with Crippen molar-refractivity contribution in [1.29, 1.82) is 0 Å². The molecule has 0 spiro atoms. The molecule has 2 aliphatic rings. The van der Waals surface area contributed by atoms with Crippen LogP contribution in [0.25, 0.3) is 0 Å². The lowest BCUT2D eigenvalue weighted by Crippen LogP contribution is -2.32. The molecule has 0 radical (unpaired) electrons. The molecule has 6 nitrogen and oxygen atoms in total. The number of carbonyl (C=O) groups excluding carboxylic acids is 2. The lowest BCUT2D eigenvalue weighted by atomic mass is 9.73. The Kier molecular flexibility index (Phi) is 5.10. The fourth-order valence-electron chi connectivity index (χ4n) is 4.07. The van der Waals surface area contributed by atoms with E-state index in [2.05, 4.69) is 0 Å². The number of allylic oxidation sites excluding steroid dienone is 3. The van der Waals surface area contributed by atoms with Crippen molar-refractivity contribution in [3.05, 3.63) is 45.7 Å². The Morgan fingerprint density at radius 1 is 1.36 bits per heavy atom. The molecule has 0 bridgehead atoms. The van der Waals surface area contributed by atoms with Crippen molar-refractivity contribution in [2.75, 3.05) is 13.7 Å². The topological polar surface area (TPSA) is 93.1 Å². The van der Waals surface area contributed by atoms with E-state index in [1.54, 1.807) is 6.92 Å². The van der Waals surface area contributed by atoms with Gasteiger partial charge in [0.15, 0.2) is 11.5 Å². The third kappa shape index (κ3) is 2.83. The number of phenolic OH excluding ortho intramolecular Hbond substituents is 1. The second-order valence-electron chi connectivity index (χ2n) is 7.76. The number of aliphatic hydroxyl groups is 1. The molecule has 28 heavy (non-hydrogen) atoms. The third-order valence-corrected chi connectivity index (χ3v) is 5.99. The van der Waals surface area contributed by atoms with Crippen molar-refractivity contribution in [3.8, 4) is 11.5 Å². The van der Waals surface area contributed by atoms with Gasteiger partial charge in [-0.1, -0.05) is 18.6 Å². The van der Waals surface area contributed by atoms with Gasteiger partial charge in [0.05, 0.1) is 19.3 Å². The number of Topliss-reactive ketones (excluding diaryl/α,β-unsaturated/α-hetero) is 2. The number of aromatic hydroxyl groups is 1. The van der Waals surface area contributed by atoms with Crippen LogP contribution in [0.4, 0.5) is 0 Å². The van der Waals surface area contributed by atoms with Crippen molar-refractivity contribution in [3.63, 3.8) is 0 Å². The first kappa shape index (κ1) is 20.1. The number of methoxy groups -OCH3 is 1. The van der Waals surface area contributed by atoms with Gasteiger partial charge in [-0.05, 0) is 39.7 Å². The van der Waals surface area contributed by atoms with E-state index in [0.29, 0.717) is 24.2 Å². The highest BCUT2D eigenvalue weighted by molar-refractivity contribution is 6.27. The number of hydrogen-bond acceptors (Lipinski definition) is 6. The van der Waals surface area contributed by atoms with E-state index in [-0.39, 0.29) is 46.7 Å². The Morgan fingerprint density at radius 2 is 2.04 bits per heavy atom. The van der Waals surface area contributed by atoms with Gasteiger partial charge in [0.1, 0.15) is 17.6 Å². The Hall–Kier alpha value is -2.60. The monoisotopic (exact) mass is 386 g/mol. The predicted molar refractivity (Wildman–Crippen MR) is 104 cm³/mol. The molecule has 0 aromatic heterocycles. The van der Waals surface area contributed by atoms with E-state index in [9.17, 15) is 19.8 Å². The molecule has 0 amide bonds. The molecular weight excluding hydrogens is 360 g/mol. The molecule has 6 heteroatoms. The summed E-state index contributed by atoms with van der Waals surface area (Å²) in [6.07, 6.45) is 3.01. The summed E-state index contributed by atoms with van der Waals surface area (Å²) in [4.78, 5) is 25.7. The van der Waals surface area contributed by atoms with E-state index in [4.69, 9.17) is 9.47 Å². The first-order valence-electron chi connectivity index (χ1n) is 9.35. The Morgan fingerprint density at radius 3 is 2.64 bits per heavy atom. The average molecular weight is 386 g/mol. The fourth-order valence-corrected chi connectivity index (χ4v) is 4.07. The maximum atomic E-state index is 13.0. The maximum Gasteiger partial charge on any atom is 0.228 e. The minimum absolute atomic E-state index is 0.00215. The standard InChI is InChI=1S/C22H26O6/c1-11(10-23)7-6-8-22(4)13(3)28-21-16-14(9-15(24)17(21)22)19(26)20(27-5)12(2)18(16)25/h7,9,13,23-24H,6,8,10H2,1-5H3/b11-7+/t13-,22+/m1/s1. The van der Waals surface area contributed by atoms with Crippen molar-refractivity contribution in [2.45, 2.75) is 52.1 Å². The van der Waals surface area contributed by atoms with Gasteiger partial charge in [-0.2, -0.15) is 0 Å². The van der Waals surface area contributed by atoms with Crippen molar-refractivity contribution in [1.82, 2.24) is 0 Å². The number of fused-ring (bicyclic) bond motifs is 3. The van der Waals surface area contributed by atoms with Crippen LogP contribution in [0.5, 0.6) is 11.5 Å². The van der Waals surface area contributed by atoms with Crippen LogP contribution in [0, 0.1) is 0 Å². The quantitative estimate of drug-likeness (QED) is 0.753. The zero-order valence-corrected chi connectivity index (χ0v) is 16.9. The number of carbonyl (C=O) groups is 2. The van der Waals surface area contributed by atoms with Gasteiger partial charge in [0.25, 0.3) is 0 Å². The van der Waals surface area contributed by atoms with E-state index in [1.165, 1.54) is 13.2 Å². The van der Waals surface area contributed by atoms with Crippen LogP contribution < -0.4 is 4.74 Å².